The molecule has 1 heterocycles. The van der Waals surface area contributed by atoms with Crippen molar-refractivity contribution in [1.82, 2.24) is 5.32 Å². The molecule has 1 saturated heterocycles. The second-order valence-electron chi connectivity index (χ2n) is 5.32. The van der Waals surface area contributed by atoms with Crippen molar-refractivity contribution >= 4 is 11.8 Å². The van der Waals surface area contributed by atoms with Crippen molar-refractivity contribution < 1.29 is 9.47 Å². The smallest absolute Gasteiger partial charge is 0.127 e. The Kier molecular flexibility index (Phi) is 5.61. The number of hydrogen-bond acceptors (Lipinski definition) is 4. The van der Waals surface area contributed by atoms with Crippen molar-refractivity contribution in [2.24, 2.45) is 0 Å². The van der Waals surface area contributed by atoms with Crippen LogP contribution in [-0.2, 0) is 0 Å². The summed E-state index contributed by atoms with van der Waals surface area (Å²) >= 11 is 2.07. The summed E-state index contributed by atoms with van der Waals surface area (Å²) in [6.07, 6.45) is 2.57. The molecule has 3 unspecified atom stereocenters. The molecule has 0 aliphatic carbocycles. The third-order valence-corrected chi connectivity index (χ3v) is 5.36. The average molecular weight is 295 g/mol. The highest BCUT2D eigenvalue weighted by Gasteiger charge is 2.24. The minimum absolute atomic E-state index is 0.280. The molecule has 0 aromatic heterocycles. The molecule has 1 aromatic rings. The van der Waals surface area contributed by atoms with Crippen molar-refractivity contribution in [3.63, 3.8) is 0 Å². The first-order valence-corrected chi connectivity index (χ1v) is 8.30. The largest absolute Gasteiger partial charge is 0.497 e. The first kappa shape index (κ1) is 15.5. The fourth-order valence-electron chi connectivity index (χ4n) is 2.73. The van der Waals surface area contributed by atoms with Gasteiger partial charge in [0.05, 0.1) is 14.2 Å². The molecule has 1 aromatic carbocycles. The molecule has 1 fully saturated rings. The number of rotatable bonds is 5. The van der Waals surface area contributed by atoms with Crippen molar-refractivity contribution in [2.75, 3.05) is 20.0 Å². The van der Waals surface area contributed by atoms with Crippen LogP contribution in [0, 0.1) is 0 Å². The van der Waals surface area contributed by atoms with Gasteiger partial charge in [-0.15, -0.1) is 0 Å². The average Bonchev–Trinajstić information content (AvgIpc) is 2.48. The zero-order valence-electron chi connectivity index (χ0n) is 12.8. The van der Waals surface area contributed by atoms with E-state index < -0.39 is 0 Å². The first-order valence-electron chi connectivity index (χ1n) is 7.25. The molecule has 0 bridgehead atoms. The Hall–Kier alpha value is -0.870. The van der Waals surface area contributed by atoms with Crippen molar-refractivity contribution in [3.8, 4) is 11.5 Å². The Balaban J connectivity index is 2.09. The monoisotopic (exact) mass is 295 g/mol. The molecular weight excluding hydrogens is 270 g/mol. The first-order chi connectivity index (χ1) is 9.65. The van der Waals surface area contributed by atoms with Gasteiger partial charge in [0, 0.05) is 29.0 Å². The fourth-order valence-corrected chi connectivity index (χ4v) is 3.88. The van der Waals surface area contributed by atoms with E-state index in [-0.39, 0.29) is 6.04 Å². The molecule has 112 valence electrons. The molecule has 0 amide bonds. The Morgan fingerprint density at radius 2 is 2.10 bits per heavy atom. The zero-order valence-corrected chi connectivity index (χ0v) is 13.6. The summed E-state index contributed by atoms with van der Waals surface area (Å²) < 4.78 is 10.8. The van der Waals surface area contributed by atoms with Crippen molar-refractivity contribution in [3.05, 3.63) is 23.8 Å². The SMILES string of the molecule is COc1ccc(C(C)NC2CCCSC2C)c(OC)c1. The lowest BCUT2D eigenvalue weighted by molar-refractivity contribution is 0.374. The number of benzene rings is 1. The molecule has 0 spiro atoms. The molecule has 0 radical (unpaired) electrons. The third-order valence-electron chi connectivity index (χ3n) is 3.98. The molecule has 3 nitrogen and oxygen atoms in total. The van der Waals surface area contributed by atoms with E-state index in [1.54, 1.807) is 14.2 Å². The van der Waals surface area contributed by atoms with Gasteiger partial charge in [-0.3, -0.25) is 0 Å². The van der Waals surface area contributed by atoms with Gasteiger partial charge < -0.3 is 14.8 Å². The van der Waals surface area contributed by atoms with Gasteiger partial charge in [-0.05, 0) is 31.6 Å². The van der Waals surface area contributed by atoms with E-state index in [1.807, 2.05) is 12.1 Å². The summed E-state index contributed by atoms with van der Waals surface area (Å²) in [5, 5.41) is 4.43. The van der Waals surface area contributed by atoms with Gasteiger partial charge in [0.15, 0.2) is 0 Å². The molecule has 1 aliphatic heterocycles. The van der Waals surface area contributed by atoms with E-state index >= 15 is 0 Å². The van der Waals surface area contributed by atoms with Crippen LogP contribution in [0.4, 0.5) is 0 Å². The summed E-state index contributed by atoms with van der Waals surface area (Å²) in [5.74, 6) is 3.01. The molecule has 1 aliphatic rings. The highest BCUT2D eigenvalue weighted by Crippen LogP contribution is 2.32. The molecule has 2 rings (SSSR count). The molecule has 0 saturated carbocycles. The van der Waals surface area contributed by atoms with Gasteiger partial charge in [-0.1, -0.05) is 13.0 Å². The minimum Gasteiger partial charge on any atom is -0.497 e. The fraction of sp³-hybridized carbons (Fsp3) is 0.625. The lowest BCUT2D eigenvalue weighted by Crippen LogP contribution is -2.40. The van der Waals surface area contributed by atoms with Crippen molar-refractivity contribution in [2.45, 2.75) is 44.0 Å². The van der Waals surface area contributed by atoms with E-state index in [4.69, 9.17) is 9.47 Å². The standard InChI is InChI=1S/C16H25NO2S/c1-11(17-15-6-5-9-20-12(15)2)14-8-7-13(18-3)10-16(14)19-4/h7-8,10-12,15,17H,5-6,9H2,1-4H3. The minimum atomic E-state index is 0.280. The van der Waals surface area contributed by atoms with Gasteiger partial charge in [0.25, 0.3) is 0 Å². The summed E-state index contributed by atoms with van der Waals surface area (Å²) in [6.45, 7) is 4.52. The predicted molar refractivity (Wildman–Crippen MR) is 86.0 cm³/mol. The molecule has 20 heavy (non-hydrogen) atoms. The molecule has 1 N–H and O–H groups in total. The second-order valence-corrected chi connectivity index (χ2v) is 6.81. The van der Waals surface area contributed by atoms with Crippen LogP contribution < -0.4 is 14.8 Å². The zero-order chi connectivity index (χ0) is 14.5. The van der Waals surface area contributed by atoms with Crippen LogP contribution in [0.2, 0.25) is 0 Å². The number of nitrogens with one attached hydrogen (secondary N) is 1. The van der Waals surface area contributed by atoms with Gasteiger partial charge in [-0.25, -0.2) is 0 Å². The Labute approximate surface area is 126 Å². The van der Waals surface area contributed by atoms with Crippen molar-refractivity contribution in [1.29, 1.82) is 0 Å². The van der Waals surface area contributed by atoms with E-state index in [0.717, 1.165) is 11.5 Å². The number of ether oxygens (including phenoxy) is 2. The quantitative estimate of drug-likeness (QED) is 0.898. The lowest BCUT2D eigenvalue weighted by Gasteiger charge is -2.32. The summed E-state index contributed by atoms with van der Waals surface area (Å²) in [4.78, 5) is 0. The normalized spacial score (nSPS) is 24.2. The second kappa shape index (κ2) is 7.23. The van der Waals surface area contributed by atoms with E-state index in [0.29, 0.717) is 11.3 Å². The van der Waals surface area contributed by atoms with Crippen LogP contribution in [-0.4, -0.2) is 31.3 Å². The summed E-state index contributed by atoms with van der Waals surface area (Å²) in [5.41, 5.74) is 1.19. The summed E-state index contributed by atoms with van der Waals surface area (Å²) in [7, 11) is 3.39. The van der Waals surface area contributed by atoms with Gasteiger partial charge >= 0.3 is 0 Å². The van der Waals surface area contributed by atoms with Crippen LogP contribution in [0.25, 0.3) is 0 Å². The number of hydrogen-bond donors (Lipinski definition) is 1. The van der Waals surface area contributed by atoms with E-state index in [2.05, 4.69) is 37.0 Å². The maximum Gasteiger partial charge on any atom is 0.127 e. The van der Waals surface area contributed by atoms with Crippen LogP contribution in [0.3, 0.4) is 0 Å². The van der Waals surface area contributed by atoms with Gasteiger partial charge in [-0.2, -0.15) is 11.8 Å². The lowest BCUT2D eigenvalue weighted by atomic mass is 10.0. The van der Waals surface area contributed by atoms with E-state index in [9.17, 15) is 0 Å². The van der Waals surface area contributed by atoms with Crippen LogP contribution >= 0.6 is 11.8 Å². The molecular formula is C16H25NO2S. The predicted octanol–water partition coefficient (Wildman–Crippen LogP) is 3.64. The Morgan fingerprint density at radius 1 is 1.30 bits per heavy atom. The third kappa shape index (κ3) is 3.61. The Morgan fingerprint density at radius 3 is 2.75 bits per heavy atom. The van der Waals surface area contributed by atoms with Crippen LogP contribution in [0.1, 0.15) is 38.3 Å². The highest BCUT2D eigenvalue weighted by molar-refractivity contribution is 7.99. The van der Waals surface area contributed by atoms with E-state index in [1.165, 1.54) is 24.2 Å². The summed E-state index contributed by atoms with van der Waals surface area (Å²) in [6, 6.07) is 6.90. The highest BCUT2D eigenvalue weighted by atomic mass is 32.2. The molecule has 3 atom stereocenters. The number of methoxy groups -OCH3 is 2. The van der Waals surface area contributed by atoms with Gasteiger partial charge in [0.1, 0.15) is 11.5 Å². The van der Waals surface area contributed by atoms with Crippen LogP contribution in [0.5, 0.6) is 11.5 Å². The maximum absolute atomic E-state index is 5.50. The topological polar surface area (TPSA) is 30.5 Å². The Bertz CT molecular complexity index is 438. The number of thioether (sulfide) groups is 1. The molecule has 4 heteroatoms. The maximum atomic E-state index is 5.50. The van der Waals surface area contributed by atoms with Crippen LogP contribution in [0.15, 0.2) is 18.2 Å². The van der Waals surface area contributed by atoms with Gasteiger partial charge in [0.2, 0.25) is 0 Å².